The number of hydrogen-bond acceptors (Lipinski definition) is 6. The van der Waals surface area contributed by atoms with Gasteiger partial charge in [0.05, 0.1) is 21.9 Å². The predicted molar refractivity (Wildman–Crippen MR) is 101 cm³/mol. The van der Waals surface area contributed by atoms with Crippen molar-refractivity contribution in [3.63, 3.8) is 0 Å². The van der Waals surface area contributed by atoms with Crippen LogP contribution in [0.5, 0.6) is 0 Å². The van der Waals surface area contributed by atoms with Gasteiger partial charge in [0.15, 0.2) is 0 Å². The van der Waals surface area contributed by atoms with Crippen molar-refractivity contribution in [3.05, 3.63) is 48.4 Å². The zero-order valence-corrected chi connectivity index (χ0v) is 15.5. The first kappa shape index (κ1) is 17.5. The maximum absolute atomic E-state index is 13.0. The molecule has 0 bridgehead atoms. The van der Waals surface area contributed by atoms with Crippen LogP contribution in [0.2, 0.25) is 0 Å². The lowest BCUT2D eigenvalue weighted by atomic mass is 10.2. The highest BCUT2D eigenvalue weighted by Crippen LogP contribution is 2.28. The normalized spacial score (nSPS) is 17.5. The summed E-state index contributed by atoms with van der Waals surface area (Å²) in [5.41, 5.74) is 1.09. The number of anilines is 1. The van der Waals surface area contributed by atoms with Gasteiger partial charge in [0.2, 0.25) is 10.0 Å². The molecule has 0 radical (unpaired) electrons. The molecule has 3 aromatic rings. The minimum atomic E-state index is -3.68. The number of likely N-dealkylation sites (N-methyl/N-ethyl adjacent to an activating group) is 1. The van der Waals surface area contributed by atoms with E-state index in [9.17, 15) is 8.42 Å². The Morgan fingerprint density at radius 2 is 2.19 bits per heavy atom. The van der Waals surface area contributed by atoms with Gasteiger partial charge in [-0.1, -0.05) is 6.07 Å². The van der Waals surface area contributed by atoms with Crippen LogP contribution in [0.1, 0.15) is 12.0 Å². The Bertz CT molecular complexity index is 1130. The van der Waals surface area contributed by atoms with Crippen molar-refractivity contribution in [3.8, 4) is 6.07 Å². The van der Waals surface area contributed by atoms with E-state index in [0.29, 0.717) is 25.1 Å². The first-order chi connectivity index (χ1) is 13.0. The summed E-state index contributed by atoms with van der Waals surface area (Å²) in [4.78, 5) is 13.9. The van der Waals surface area contributed by atoms with E-state index in [1.807, 2.05) is 18.3 Å². The summed E-state index contributed by atoms with van der Waals surface area (Å²) in [6.07, 6.45) is 4.02. The topological polar surface area (TPSA) is 106 Å². The Balaban J connectivity index is 1.58. The van der Waals surface area contributed by atoms with Gasteiger partial charge in [-0.15, -0.1) is 0 Å². The number of aromatic amines is 1. The SMILES string of the molecule is CN([C@@H]1CCN(c2ncnc3[nH]ccc23)C1)S(=O)(=O)c1cccc(C#N)c1. The highest BCUT2D eigenvalue weighted by atomic mass is 32.2. The molecule has 8 nitrogen and oxygen atoms in total. The average Bonchev–Trinajstić information content (AvgIpc) is 3.36. The van der Waals surface area contributed by atoms with Crippen LogP contribution in [0.4, 0.5) is 5.82 Å². The highest BCUT2D eigenvalue weighted by Gasteiger charge is 2.34. The fourth-order valence-corrected chi connectivity index (χ4v) is 4.85. The molecule has 1 aliphatic heterocycles. The van der Waals surface area contributed by atoms with Gasteiger partial charge in [0.25, 0.3) is 0 Å². The summed E-state index contributed by atoms with van der Waals surface area (Å²) in [5.74, 6) is 0.807. The maximum atomic E-state index is 13.0. The van der Waals surface area contributed by atoms with Gasteiger partial charge < -0.3 is 9.88 Å². The standard InChI is InChI=1S/C18H18N6O2S/c1-23(27(25,26)15-4-2-3-13(9-15)10-19)14-6-8-24(11-14)18-16-5-7-20-17(16)21-12-22-18/h2-5,7,9,12,14H,6,8,11H2,1H3,(H,20,21,22)/t14-/m1/s1. The number of nitriles is 1. The number of hydrogen-bond donors (Lipinski definition) is 1. The number of rotatable bonds is 4. The first-order valence-electron chi connectivity index (χ1n) is 8.52. The first-order valence-corrected chi connectivity index (χ1v) is 9.96. The van der Waals surface area contributed by atoms with Crippen LogP contribution in [0.15, 0.2) is 47.8 Å². The molecule has 0 aliphatic carbocycles. The van der Waals surface area contributed by atoms with Crippen molar-refractivity contribution in [1.29, 1.82) is 5.26 Å². The van der Waals surface area contributed by atoms with Gasteiger partial charge >= 0.3 is 0 Å². The van der Waals surface area contributed by atoms with Gasteiger partial charge in [0, 0.05) is 32.4 Å². The van der Waals surface area contributed by atoms with E-state index >= 15 is 0 Å². The minimum absolute atomic E-state index is 0.137. The van der Waals surface area contributed by atoms with Crippen LogP contribution >= 0.6 is 0 Å². The fraction of sp³-hybridized carbons (Fsp3) is 0.278. The Morgan fingerprint density at radius 3 is 3.00 bits per heavy atom. The van der Waals surface area contributed by atoms with E-state index in [-0.39, 0.29) is 10.9 Å². The smallest absolute Gasteiger partial charge is 0.243 e. The molecule has 0 unspecified atom stereocenters. The Morgan fingerprint density at radius 1 is 1.33 bits per heavy atom. The molecule has 1 aliphatic rings. The van der Waals surface area contributed by atoms with Gasteiger partial charge in [0.1, 0.15) is 17.8 Å². The van der Waals surface area contributed by atoms with Crippen molar-refractivity contribution in [2.75, 3.05) is 25.0 Å². The van der Waals surface area contributed by atoms with E-state index < -0.39 is 10.0 Å². The highest BCUT2D eigenvalue weighted by molar-refractivity contribution is 7.89. The molecule has 27 heavy (non-hydrogen) atoms. The van der Waals surface area contributed by atoms with Crippen molar-refractivity contribution < 1.29 is 8.42 Å². The van der Waals surface area contributed by atoms with Crippen LogP contribution in [0, 0.1) is 11.3 Å². The third-order valence-corrected chi connectivity index (χ3v) is 6.86. The second-order valence-corrected chi connectivity index (χ2v) is 8.48. The molecule has 1 saturated heterocycles. The largest absolute Gasteiger partial charge is 0.354 e. The van der Waals surface area contributed by atoms with Gasteiger partial charge in [-0.3, -0.25) is 0 Å². The van der Waals surface area contributed by atoms with Crippen LogP contribution in [0.3, 0.4) is 0 Å². The van der Waals surface area contributed by atoms with E-state index in [4.69, 9.17) is 5.26 Å². The summed E-state index contributed by atoms with van der Waals surface area (Å²) in [7, 11) is -2.08. The lowest BCUT2D eigenvalue weighted by Gasteiger charge is -2.25. The van der Waals surface area contributed by atoms with E-state index in [1.165, 1.54) is 22.8 Å². The molecule has 1 atom stereocenters. The molecule has 0 spiro atoms. The quantitative estimate of drug-likeness (QED) is 0.737. The summed E-state index contributed by atoms with van der Waals surface area (Å²) in [6, 6.07) is 9.84. The third kappa shape index (κ3) is 3.03. The second kappa shape index (κ2) is 6.64. The molecule has 2 aromatic heterocycles. The summed E-state index contributed by atoms with van der Waals surface area (Å²) >= 11 is 0. The van der Waals surface area contributed by atoms with Crippen LogP contribution < -0.4 is 4.90 Å². The summed E-state index contributed by atoms with van der Waals surface area (Å²) in [5, 5.41) is 9.95. The van der Waals surface area contributed by atoms with Crippen LogP contribution in [0.25, 0.3) is 11.0 Å². The van der Waals surface area contributed by atoms with E-state index in [0.717, 1.165) is 16.9 Å². The van der Waals surface area contributed by atoms with Crippen LogP contribution in [-0.2, 0) is 10.0 Å². The van der Waals surface area contributed by atoms with E-state index in [1.54, 1.807) is 19.2 Å². The molecule has 1 aromatic carbocycles. The predicted octanol–water partition coefficient (Wildman–Crippen LogP) is 1.73. The average molecular weight is 382 g/mol. The van der Waals surface area contributed by atoms with Gasteiger partial charge in [-0.2, -0.15) is 9.57 Å². The molecule has 0 amide bonds. The number of H-pyrrole nitrogens is 1. The maximum Gasteiger partial charge on any atom is 0.243 e. The zero-order valence-electron chi connectivity index (χ0n) is 14.7. The molecule has 4 rings (SSSR count). The minimum Gasteiger partial charge on any atom is -0.354 e. The molecule has 1 N–H and O–H groups in total. The molecule has 3 heterocycles. The third-order valence-electron chi connectivity index (χ3n) is 4.95. The van der Waals surface area contributed by atoms with Crippen molar-refractivity contribution >= 4 is 26.9 Å². The Labute approximate surface area is 157 Å². The number of aromatic nitrogens is 3. The Hall–Kier alpha value is -2.96. The van der Waals surface area contributed by atoms with Crippen LogP contribution in [-0.4, -0.2) is 53.9 Å². The lowest BCUT2D eigenvalue weighted by Crippen LogP contribution is -2.39. The molecular weight excluding hydrogens is 364 g/mol. The van der Waals surface area contributed by atoms with Crippen molar-refractivity contribution in [1.82, 2.24) is 19.3 Å². The molecule has 9 heteroatoms. The molecular formula is C18H18N6O2S. The molecule has 138 valence electrons. The van der Waals surface area contributed by atoms with Gasteiger partial charge in [-0.05, 0) is 30.7 Å². The van der Waals surface area contributed by atoms with Crippen molar-refractivity contribution in [2.24, 2.45) is 0 Å². The number of nitrogens with zero attached hydrogens (tertiary/aromatic N) is 5. The fourth-order valence-electron chi connectivity index (χ4n) is 3.43. The number of sulfonamides is 1. The monoisotopic (exact) mass is 382 g/mol. The zero-order chi connectivity index (χ0) is 19.0. The van der Waals surface area contributed by atoms with Gasteiger partial charge in [-0.25, -0.2) is 18.4 Å². The number of benzene rings is 1. The second-order valence-electron chi connectivity index (χ2n) is 6.49. The number of fused-ring (bicyclic) bond motifs is 1. The number of nitrogens with one attached hydrogen (secondary N) is 1. The van der Waals surface area contributed by atoms with E-state index in [2.05, 4.69) is 19.9 Å². The molecule has 0 saturated carbocycles. The lowest BCUT2D eigenvalue weighted by molar-refractivity contribution is 0.390. The summed E-state index contributed by atoms with van der Waals surface area (Å²) in [6.45, 7) is 1.25. The van der Waals surface area contributed by atoms with Crippen molar-refractivity contribution in [2.45, 2.75) is 17.4 Å². The molecule has 1 fully saturated rings. The Kier molecular flexibility index (Phi) is 4.30. The summed E-state index contributed by atoms with van der Waals surface area (Å²) < 4.78 is 27.3.